The molecule has 10 heavy (non-hydrogen) atoms. The minimum absolute atomic E-state index is 2.34. The third-order valence-corrected chi connectivity index (χ3v) is 0.639. The predicted octanol–water partition coefficient (Wildman–Crippen LogP) is 0.655. The Hall–Kier alpha value is -0.940. The lowest BCUT2D eigenvalue weighted by Gasteiger charge is -1.94. The number of rotatable bonds is 3. The highest BCUT2D eigenvalue weighted by atomic mass is 19.3. The summed E-state index contributed by atoms with van der Waals surface area (Å²) >= 11 is 0. The van der Waals surface area contributed by atoms with Crippen molar-refractivity contribution >= 4 is 11.6 Å². The zero-order chi connectivity index (χ0) is 8.31. The topological polar surface area (TPSA) is 34.1 Å². The van der Waals surface area contributed by atoms with E-state index in [0.717, 1.165) is 0 Å². The van der Waals surface area contributed by atoms with E-state index in [0.29, 0.717) is 0 Å². The van der Waals surface area contributed by atoms with E-state index in [-0.39, 0.29) is 0 Å². The van der Waals surface area contributed by atoms with E-state index in [1.54, 1.807) is 0 Å². The van der Waals surface area contributed by atoms with Crippen LogP contribution in [-0.4, -0.2) is 24.4 Å². The second kappa shape index (κ2) is 3.28. The first-order valence-electron chi connectivity index (χ1n) is 2.11. The van der Waals surface area contributed by atoms with Crippen molar-refractivity contribution in [1.82, 2.24) is 0 Å². The molecule has 0 aromatic rings. The molecule has 0 aliphatic heterocycles. The van der Waals surface area contributed by atoms with E-state index in [4.69, 9.17) is 0 Å². The molecule has 0 bridgehead atoms. The van der Waals surface area contributed by atoms with Gasteiger partial charge in [0.15, 0.2) is 0 Å². The maximum absolute atomic E-state index is 11.1. The van der Waals surface area contributed by atoms with Crippen LogP contribution < -0.4 is 0 Å². The summed E-state index contributed by atoms with van der Waals surface area (Å²) in [5.41, 5.74) is 0. The highest BCUT2D eigenvalue weighted by molar-refractivity contribution is 6.39. The van der Waals surface area contributed by atoms with Crippen molar-refractivity contribution in [3.8, 4) is 0 Å². The lowest BCUT2D eigenvalue weighted by atomic mass is 10.3. The summed E-state index contributed by atoms with van der Waals surface area (Å²) in [7, 11) is 0. The number of Topliss-reactive ketones (excluding diaryl/α,β-unsaturated/α-hetero) is 2. The Labute approximate surface area is 52.8 Å². The van der Waals surface area contributed by atoms with Crippen LogP contribution in [0.25, 0.3) is 0 Å². The minimum Gasteiger partial charge on any atom is -0.284 e. The van der Waals surface area contributed by atoms with E-state index in [1.807, 2.05) is 0 Å². The quantitative estimate of drug-likeness (QED) is 0.446. The van der Waals surface area contributed by atoms with Crippen LogP contribution in [0.2, 0.25) is 0 Å². The van der Waals surface area contributed by atoms with Crippen LogP contribution in [0.5, 0.6) is 0 Å². The van der Waals surface area contributed by atoms with Gasteiger partial charge in [0.1, 0.15) is 0 Å². The molecule has 0 aliphatic rings. The number of alkyl halides is 4. The van der Waals surface area contributed by atoms with Crippen molar-refractivity contribution in [2.45, 2.75) is 12.9 Å². The Bertz CT molecular complexity index is 135. The van der Waals surface area contributed by atoms with Gasteiger partial charge in [-0.1, -0.05) is 0 Å². The molecule has 0 atom stereocenters. The summed E-state index contributed by atoms with van der Waals surface area (Å²) in [6, 6.07) is 0. The molecule has 0 unspecified atom stereocenters. The molecule has 0 saturated heterocycles. The SMILES string of the molecule is O=C(C(=O)C(F)F)C(F)F. The predicted molar refractivity (Wildman–Crippen MR) is 22.0 cm³/mol. The molecule has 6 heteroatoms. The summed E-state index contributed by atoms with van der Waals surface area (Å²) in [5, 5.41) is 0. The Morgan fingerprint density at radius 1 is 0.800 bits per heavy atom. The fraction of sp³-hybridized carbons (Fsp3) is 0.500. The fourth-order valence-electron chi connectivity index (χ4n) is 0.215. The second-order valence-corrected chi connectivity index (χ2v) is 1.33. The third-order valence-electron chi connectivity index (χ3n) is 0.639. The second-order valence-electron chi connectivity index (χ2n) is 1.33. The van der Waals surface area contributed by atoms with Gasteiger partial charge in [-0.15, -0.1) is 0 Å². The zero-order valence-electron chi connectivity index (χ0n) is 4.48. The molecule has 0 radical (unpaired) electrons. The first-order chi connectivity index (χ1) is 4.46. The van der Waals surface area contributed by atoms with Crippen molar-refractivity contribution in [1.29, 1.82) is 0 Å². The summed E-state index contributed by atoms with van der Waals surface area (Å²) in [6.45, 7) is 0. The van der Waals surface area contributed by atoms with Crippen LogP contribution in [-0.2, 0) is 9.59 Å². The highest BCUT2D eigenvalue weighted by Gasteiger charge is 2.30. The third kappa shape index (κ3) is 2.12. The van der Waals surface area contributed by atoms with Crippen LogP contribution in [0.4, 0.5) is 17.6 Å². The molecule has 0 aromatic heterocycles. The number of carbonyl (C=O) groups is 2. The molecule has 58 valence electrons. The first-order valence-corrected chi connectivity index (χ1v) is 2.11. The van der Waals surface area contributed by atoms with Gasteiger partial charge in [-0.2, -0.15) is 0 Å². The van der Waals surface area contributed by atoms with Gasteiger partial charge in [0, 0.05) is 0 Å². The smallest absolute Gasteiger partial charge is 0.284 e. The van der Waals surface area contributed by atoms with E-state index >= 15 is 0 Å². The lowest BCUT2D eigenvalue weighted by Crippen LogP contribution is -2.27. The molecular weight excluding hydrogens is 156 g/mol. The normalized spacial score (nSPS) is 10.6. The van der Waals surface area contributed by atoms with Crippen molar-refractivity contribution in [2.75, 3.05) is 0 Å². The maximum atomic E-state index is 11.1. The number of carbonyl (C=O) groups excluding carboxylic acids is 2. The van der Waals surface area contributed by atoms with Crippen molar-refractivity contribution < 1.29 is 27.2 Å². The molecule has 0 rings (SSSR count). The van der Waals surface area contributed by atoms with Gasteiger partial charge in [0.2, 0.25) is 0 Å². The van der Waals surface area contributed by atoms with Gasteiger partial charge in [-0.05, 0) is 0 Å². The number of ketones is 2. The lowest BCUT2D eigenvalue weighted by molar-refractivity contribution is -0.148. The van der Waals surface area contributed by atoms with Crippen LogP contribution in [0.1, 0.15) is 0 Å². The van der Waals surface area contributed by atoms with E-state index in [1.165, 1.54) is 0 Å². The fourth-order valence-corrected chi connectivity index (χ4v) is 0.215. The molecule has 0 heterocycles. The monoisotopic (exact) mass is 158 g/mol. The van der Waals surface area contributed by atoms with Crippen LogP contribution >= 0.6 is 0 Å². The van der Waals surface area contributed by atoms with Crippen molar-refractivity contribution in [3.63, 3.8) is 0 Å². The summed E-state index contributed by atoms with van der Waals surface area (Å²) in [5.74, 6) is -4.68. The summed E-state index contributed by atoms with van der Waals surface area (Å²) in [6.07, 6.45) is -7.28. The van der Waals surface area contributed by atoms with E-state index in [9.17, 15) is 27.2 Å². The molecule has 0 aliphatic carbocycles. The minimum atomic E-state index is -3.64. The largest absolute Gasteiger partial charge is 0.303 e. The zero-order valence-corrected chi connectivity index (χ0v) is 4.48. The van der Waals surface area contributed by atoms with Crippen LogP contribution in [0.3, 0.4) is 0 Å². The Morgan fingerprint density at radius 3 is 1.10 bits per heavy atom. The molecule has 0 fully saturated rings. The number of hydrogen-bond acceptors (Lipinski definition) is 2. The maximum Gasteiger partial charge on any atom is 0.303 e. The average Bonchev–Trinajstić information content (AvgIpc) is 1.84. The van der Waals surface area contributed by atoms with Crippen LogP contribution in [0.15, 0.2) is 0 Å². The number of hydrogen-bond donors (Lipinski definition) is 0. The van der Waals surface area contributed by atoms with Crippen molar-refractivity contribution in [3.05, 3.63) is 0 Å². The summed E-state index contributed by atoms with van der Waals surface area (Å²) in [4.78, 5) is 19.4. The Kier molecular flexibility index (Phi) is 2.98. The van der Waals surface area contributed by atoms with Gasteiger partial charge < -0.3 is 0 Å². The van der Waals surface area contributed by atoms with Gasteiger partial charge >= 0.3 is 12.9 Å². The van der Waals surface area contributed by atoms with E-state index in [2.05, 4.69) is 0 Å². The Morgan fingerprint density at radius 2 is 1.00 bits per heavy atom. The Balaban J connectivity index is 4.10. The number of halogens is 4. The van der Waals surface area contributed by atoms with Gasteiger partial charge in [-0.3, -0.25) is 9.59 Å². The van der Waals surface area contributed by atoms with Crippen molar-refractivity contribution in [2.24, 2.45) is 0 Å². The van der Waals surface area contributed by atoms with Gasteiger partial charge in [0.05, 0.1) is 0 Å². The highest BCUT2D eigenvalue weighted by Crippen LogP contribution is 2.01. The molecule has 0 saturated carbocycles. The molecule has 0 N–H and O–H groups in total. The van der Waals surface area contributed by atoms with Gasteiger partial charge in [-0.25, -0.2) is 17.6 Å². The van der Waals surface area contributed by atoms with E-state index < -0.39 is 24.4 Å². The first kappa shape index (κ1) is 9.06. The standard InChI is InChI=1S/C4H2F4O2/c5-3(6)1(9)2(10)4(7)8/h3-4H. The van der Waals surface area contributed by atoms with Gasteiger partial charge in [0.25, 0.3) is 11.6 Å². The molecule has 2 nitrogen and oxygen atoms in total. The van der Waals surface area contributed by atoms with Crippen LogP contribution in [0, 0.1) is 0 Å². The molecule has 0 spiro atoms. The summed E-state index contributed by atoms with van der Waals surface area (Å²) < 4.78 is 44.5. The molecular formula is C4H2F4O2. The average molecular weight is 158 g/mol. The molecule has 0 amide bonds. The molecule has 0 aromatic carbocycles.